The van der Waals surface area contributed by atoms with Crippen molar-refractivity contribution in [2.75, 3.05) is 57.8 Å². The first-order valence-electron chi connectivity index (χ1n) is 18.1. The van der Waals surface area contributed by atoms with Gasteiger partial charge in [0.2, 0.25) is 5.91 Å². The highest BCUT2D eigenvalue weighted by molar-refractivity contribution is 5.98. The van der Waals surface area contributed by atoms with Crippen molar-refractivity contribution in [3.63, 3.8) is 0 Å². The molecule has 3 saturated heterocycles. The molecule has 4 heterocycles. The number of carbonyl (C=O) groups excluding carboxylic acids is 2. The van der Waals surface area contributed by atoms with E-state index in [0.29, 0.717) is 30.3 Å². The standard InChI is InChI=1S/C40H52N6O4/c1-5-38(47)46-14-10-33(11-15-46)43-37-24-32(23-35(29(37)4)39(48)41-25-36-27(2)22-28(3)42-40(36)49)31-8-6-30(7-9-31)26-44-16-18-45(19-17-44)34-12-20-50-21-13-34/h5-9,22-24,33-34,43H,1,10-21,25-26H2,2-4H3,(H,41,48)(H,42,49). The van der Waals surface area contributed by atoms with Crippen LogP contribution in [0, 0.1) is 20.8 Å². The number of benzene rings is 2. The molecule has 0 unspecified atom stereocenters. The molecule has 0 atom stereocenters. The van der Waals surface area contributed by atoms with E-state index in [-0.39, 0.29) is 30.0 Å². The summed E-state index contributed by atoms with van der Waals surface area (Å²) in [5.74, 6) is -0.265. The number of aromatic nitrogens is 1. The summed E-state index contributed by atoms with van der Waals surface area (Å²) in [6, 6.07) is 15.5. The van der Waals surface area contributed by atoms with Gasteiger partial charge in [0, 0.05) is 100 Å². The number of H-pyrrole nitrogens is 1. The van der Waals surface area contributed by atoms with E-state index >= 15 is 0 Å². The van der Waals surface area contributed by atoms with Gasteiger partial charge in [-0.15, -0.1) is 0 Å². The Morgan fingerprint density at radius 1 is 0.920 bits per heavy atom. The van der Waals surface area contributed by atoms with Gasteiger partial charge >= 0.3 is 0 Å². The molecule has 0 spiro atoms. The summed E-state index contributed by atoms with van der Waals surface area (Å²) in [7, 11) is 0. The highest BCUT2D eigenvalue weighted by atomic mass is 16.5. The van der Waals surface area contributed by atoms with Gasteiger partial charge in [0.15, 0.2) is 0 Å². The number of aryl methyl sites for hydroxylation is 2. The van der Waals surface area contributed by atoms with Crippen LogP contribution in [0.5, 0.6) is 0 Å². The third-order valence-corrected chi connectivity index (χ3v) is 10.7. The normalized spacial score (nSPS) is 18.2. The Morgan fingerprint density at radius 3 is 2.28 bits per heavy atom. The topological polar surface area (TPSA) is 110 Å². The number of hydrogen-bond donors (Lipinski definition) is 3. The minimum Gasteiger partial charge on any atom is -0.382 e. The molecule has 2 aromatic carbocycles. The fourth-order valence-corrected chi connectivity index (χ4v) is 7.62. The van der Waals surface area contributed by atoms with Gasteiger partial charge in [-0.1, -0.05) is 30.8 Å². The molecule has 3 aliphatic heterocycles. The molecule has 3 fully saturated rings. The maximum atomic E-state index is 13.8. The molecule has 0 bridgehead atoms. The van der Waals surface area contributed by atoms with Crippen molar-refractivity contribution in [2.24, 2.45) is 0 Å². The first-order chi connectivity index (χ1) is 24.2. The molecule has 10 heteroatoms. The van der Waals surface area contributed by atoms with E-state index in [4.69, 9.17) is 4.74 Å². The predicted molar refractivity (Wildman–Crippen MR) is 198 cm³/mol. The molecule has 266 valence electrons. The molecule has 6 rings (SSSR count). The first-order valence-corrected chi connectivity index (χ1v) is 18.1. The Kier molecular flexibility index (Phi) is 11.5. The number of ether oxygens (including phenoxy) is 1. The summed E-state index contributed by atoms with van der Waals surface area (Å²) in [4.78, 5) is 48.4. The lowest BCUT2D eigenvalue weighted by atomic mass is 9.95. The summed E-state index contributed by atoms with van der Waals surface area (Å²) >= 11 is 0. The van der Waals surface area contributed by atoms with Crippen molar-refractivity contribution >= 4 is 17.5 Å². The van der Waals surface area contributed by atoms with Crippen LogP contribution in [-0.4, -0.2) is 96.1 Å². The zero-order valence-electron chi connectivity index (χ0n) is 29.9. The number of nitrogens with one attached hydrogen (secondary N) is 3. The highest BCUT2D eigenvalue weighted by Gasteiger charge is 2.26. The third kappa shape index (κ3) is 8.54. The number of piperazine rings is 1. The monoisotopic (exact) mass is 680 g/mol. The number of likely N-dealkylation sites (tertiary alicyclic amines) is 1. The van der Waals surface area contributed by atoms with E-state index in [2.05, 4.69) is 62.3 Å². The largest absolute Gasteiger partial charge is 0.382 e. The Morgan fingerprint density at radius 2 is 1.62 bits per heavy atom. The molecule has 0 radical (unpaired) electrons. The van der Waals surface area contributed by atoms with Gasteiger partial charge in [0.1, 0.15) is 0 Å². The number of nitrogens with zero attached hydrogens (tertiary/aromatic N) is 3. The lowest BCUT2D eigenvalue weighted by molar-refractivity contribution is -0.126. The van der Waals surface area contributed by atoms with Gasteiger partial charge in [-0.2, -0.15) is 0 Å². The van der Waals surface area contributed by atoms with Gasteiger partial charge in [0.25, 0.3) is 11.5 Å². The average molecular weight is 681 g/mol. The second-order valence-corrected chi connectivity index (χ2v) is 14.1. The predicted octanol–water partition coefficient (Wildman–Crippen LogP) is 4.78. The Bertz CT molecular complexity index is 1730. The molecule has 3 aromatic rings. The van der Waals surface area contributed by atoms with Gasteiger partial charge in [0.05, 0.1) is 0 Å². The van der Waals surface area contributed by atoms with Crippen LogP contribution in [-0.2, 0) is 22.6 Å². The van der Waals surface area contributed by atoms with Crippen LogP contribution in [0.15, 0.2) is 59.9 Å². The maximum Gasteiger partial charge on any atom is 0.253 e. The summed E-state index contributed by atoms with van der Waals surface area (Å²) in [6.07, 6.45) is 5.26. The van der Waals surface area contributed by atoms with Gasteiger partial charge in [-0.25, -0.2) is 0 Å². The van der Waals surface area contributed by atoms with Crippen molar-refractivity contribution in [1.29, 1.82) is 0 Å². The van der Waals surface area contributed by atoms with Gasteiger partial charge in [-0.05, 0) is 98.5 Å². The molecule has 2 amide bonds. The SMILES string of the molecule is C=CC(=O)N1CCC(Nc2cc(-c3ccc(CN4CCN(C5CCOCC5)CC4)cc3)cc(C(=O)NCc3c(C)cc(C)[nH]c3=O)c2C)CC1. The Balaban J connectivity index is 1.18. The minimum absolute atomic E-state index is 0.0380. The molecule has 10 nitrogen and oxygen atoms in total. The summed E-state index contributed by atoms with van der Waals surface area (Å²) in [6.45, 7) is 17.8. The zero-order chi connectivity index (χ0) is 35.2. The number of pyridine rings is 1. The number of anilines is 1. The maximum absolute atomic E-state index is 13.8. The van der Waals surface area contributed by atoms with Crippen molar-refractivity contribution in [2.45, 2.75) is 71.6 Å². The molecule has 1 aromatic heterocycles. The fraction of sp³-hybridized carbons (Fsp3) is 0.475. The quantitative estimate of drug-likeness (QED) is 0.265. The number of rotatable bonds is 10. The van der Waals surface area contributed by atoms with Gasteiger partial charge < -0.3 is 25.3 Å². The highest BCUT2D eigenvalue weighted by Crippen LogP contribution is 2.31. The fourth-order valence-electron chi connectivity index (χ4n) is 7.62. The molecule has 0 saturated carbocycles. The van der Waals surface area contributed by atoms with Crippen molar-refractivity contribution in [1.82, 2.24) is 25.0 Å². The van der Waals surface area contributed by atoms with Crippen LogP contribution in [0.2, 0.25) is 0 Å². The van der Waals surface area contributed by atoms with E-state index in [1.54, 1.807) is 0 Å². The van der Waals surface area contributed by atoms with Crippen molar-refractivity contribution < 1.29 is 14.3 Å². The smallest absolute Gasteiger partial charge is 0.253 e. The number of carbonyl (C=O) groups is 2. The van der Waals surface area contributed by atoms with E-state index < -0.39 is 0 Å². The van der Waals surface area contributed by atoms with Crippen molar-refractivity contribution in [3.8, 4) is 11.1 Å². The molecule has 0 aliphatic carbocycles. The van der Waals surface area contributed by atoms with Crippen LogP contribution in [0.3, 0.4) is 0 Å². The summed E-state index contributed by atoms with van der Waals surface area (Å²) in [5.41, 5.74) is 7.58. The minimum atomic E-state index is -0.227. The molecule has 3 N–H and O–H groups in total. The number of aromatic amines is 1. The number of amides is 2. The lowest BCUT2D eigenvalue weighted by Crippen LogP contribution is -2.51. The zero-order valence-corrected chi connectivity index (χ0v) is 29.9. The van der Waals surface area contributed by atoms with Gasteiger partial charge in [-0.3, -0.25) is 24.2 Å². The van der Waals surface area contributed by atoms with Crippen LogP contribution in [0.25, 0.3) is 11.1 Å². The van der Waals surface area contributed by atoms with E-state index in [1.165, 1.54) is 11.6 Å². The third-order valence-electron chi connectivity index (χ3n) is 10.7. The van der Waals surface area contributed by atoms with E-state index in [9.17, 15) is 14.4 Å². The van der Waals surface area contributed by atoms with Crippen molar-refractivity contribution in [3.05, 3.63) is 99.0 Å². The molecular weight excluding hydrogens is 628 g/mol. The number of piperidine rings is 1. The summed E-state index contributed by atoms with van der Waals surface area (Å²) in [5, 5.41) is 6.72. The van der Waals surface area contributed by atoms with Crippen LogP contribution in [0.4, 0.5) is 5.69 Å². The number of hydrogen-bond acceptors (Lipinski definition) is 7. The Hall–Kier alpha value is -4.25. The van der Waals surface area contributed by atoms with Crippen LogP contribution >= 0.6 is 0 Å². The Labute approximate surface area is 295 Å². The molecule has 50 heavy (non-hydrogen) atoms. The second-order valence-electron chi connectivity index (χ2n) is 14.1. The summed E-state index contributed by atoms with van der Waals surface area (Å²) < 4.78 is 5.56. The van der Waals surface area contributed by atoms with E-state index in [1.807, 2.05) is 37.8 Å². The molecule has 3 aliphatic rings. The first kappa shape index (κ1) is 35.6. The van der Waals surface area contributed by atoms with Crippen LogP contribution in [0.1, 0.15) is 64.0 Å². The lowest BCUT2D eigenvalue weighted by Gasteiger charge is -2.40. The molecular formula is C40H52N6O4. The second kappa shape index (κ2) is 16.2. The van der Waals surface area contributed by atoms with E-state index in [0.717, 1.165) is 105 Å². The van der Waals surface area contributed by atoms with Crippen LogP contribution < -0.4 is 16.2 Å². The average Bonchev–Trinajstić information content (AvgIpc) is 3.13.